The van der Waals surface area contributed by atoms with E-state index in [4.69, 9.17) is 9.47 Å². The van der Waals surface area contributed by atoms with Crippen LogP contribution in [0.1, 0.15) is 49.3 Å². The SMILES string of the molecule is Cc1ccc2c(c1)S(=O)(=O)NC1=C(CCC=C1)C2NCCCC1OCCCO1. The molecule has 3 aliphatic rings. The molecule has 1 aromatic carbocycles. The van der Waals surface area contributed by atoms with Gasteiger partial charge in [0, 0.05) is 5.70 Å². The molecule has 0 amide bonds. The molecule has 1 fully saturated rings. The summed E-state index contributed by atoms with van der Waals surface area (Å²) in [6, 6.07) is 5.58. The van der Waals surface area contributed by atoms with Crippen LogP contribution in [0.3, 0.4) is 0 Å². The van der Waals surface area contributed by atoms with Crippen LogP contribution < -0.4 is 10.0 Å². The molecule has 28 heavy (non-hydrogen) atoms. The van der Waals surface area contributed by atoms with Crippen LogP contribution in [0.15, 0.2) is 46.5 Å². The summed E-state index contributed by atoms with van der Waals surface area (Å²) < 4.78 is 39.9. The van der Waals surface area contributed by atoms with Crippen LogP contribution in [-0.2, 0) is 19.5 Å². The van der Waals surface area contributed by atoms with E-state index in [-0.39, 0.29) is 12.3 Å². The van der Waals surface area contributed by atoms with Gasteiger partial charge in [-0.2, -0.15) is 0 Å². The number of sulfonamides is 1. The van der Waals surface area contributed by atoms with Crippen LogP contribution in [0.4, 0.5) is 0 Å². The lowest BCUT2D eigenvalue weighted by Crippen LogP contribution is -2.29. The highest BCUT2D eigenvalue weighted by molar-refractivity contribution is 7.89. The third kappa shape index (κ3) is 4.17. The van der Waals surface area contributed by atoms with Crippen molar-refractivity contribution in [2.24, 2.45) is 0 Å². The van der Waals surface area contributed by atoms with E-state index in [1.54, 1.807) is 6.07 Å². The van der Waals surface area contributed by atoms with Gasteiger partial charge < -0.3 is 14.8 Å². The van der Waals surface area contributed by atoms with Crippen molar-refractivity contribution < 1.29 is 17.9 Å². The van der Waals surface area contributed by atoms with Crippen LogP contribution in [0, 0.1) is 6.92 Å². The van der Waals surface area contributed by atoms with Gasteiger partial charge in [0.2, 0.25) is 0 Å². The Hall–Kier alpha value is -1.67. The number of ether oxygens (including phenoxy) is 2. The first-order chi connectivity index (χ1) is 13.5. The minimum Gasteiger partial charge on any atom is -0.353 e. The molecule has 0 aromatic heterocycles. The Morgan fingerprint density at radius 1 is 1.25 bits per heavy atom. The highest BCUT2D eigenvalue weighted by atomic mass is 32.2. The van der Waals surface area contributed by atoms with Gasteiger partial charge in [-0.3, -0.25) is 4.72 Å². The molecule has 0 bridgehead atoms. The van der Waals surface area contributed by atoms with Crippen LogP contribution in [0.2, 0.25) is 0 Å². The molecule has 0 spiro atoms. The summed E-state index contributed by atoms with van der Waals surface area (Å²) in [5, 5.41) is 3.61. The minimum atomic E-state index is -3.59. The van der Waals surface area contributed by atoms with E-state index in [1.807, 2.05) is 31.2 Å². The van der Waals surface area contributed by atoms with E-state index in [1.165, 1.54) is 0 Å². The highest BCUT2D eigenvalue weighted by Gasteiger charge is 2.32. The predicted molar refractivity (Wildman–Crippen MR) is 107 cm³/mol. The number of benzene rings is 1. The van der Waals surface area contributed by atoms with E-state index < -0.39 is 10.0 Å². The summed E-state index contributed by atoms with van der Waals surface area (Å²) in [4.78, 5) is 0.367. The summed E-state index contributed by atoms with van der Waals surface area (Å²) in [7, 11) is -3.59. The Kier molecular flexibility index (Phi) is 5.87. The summed E-state index contributed by atoms with van der Waals surface area (Å²) in [5.74, 6) is 0. The molecule has 1 atom stereocenters. The number of fused-ring (bicyclic) bond motifs is 1. The van der Waals surface area contributed by atoms with E-state index >= 15 is 0 Å². The predicted octanol–water partition coefficient (Wildman–Crippen LogP) is 3.06. The van der Waals surface area contributed by atoms with Crippen molar-refractivity contribution in [2.75, 3.05) is 19.8 Å². The molecule has 152 valence electrons. The molecule has 7 heteroatoms. The quantitative estimate of drug-likeness (QED) is 0.738. The fourth-order valence-electron chi connectivity index (χ4n) is 4.03. The zero-order valence-corrected chi connectivity index (χ0v) is 17.1. The van der Waals surface area contributed by atoms with Gasteiger partial charge in [0.05, 0.1) is 24.2 Å². The summed E-state index contributed by atoms with van der Waals surface area (Å²) in [6.45, 7) is 4.21. The number of hydrogen-bond acceptors (Lipinski definition) is 5. The van der Waals surface area contributed by atoms with Crippen molar-refractivity contribution in [1.82, 2.24) is 10.0 Å². The summed E-state index contributed by atoms with van der Waals surface area (Å²) >= 11 is 0. The highest BCUT2D eigenvalue weighted by Crippen LogP contribution is 2.37. The van der Waals surface area contributed by atoms with Gasteiger partial charge in [-0.15, -0.1) is 0 Å². The van der Waals surface area contributed by atoms with Crippen molar-refractivity contribution in [3.8, 4) is 0 Å². The first kappa shape index (κ1) is 19.6. The zero-order valence-electron chi connectivity index (χ0n) is 16.2. The maximum atomic E-state index is 12.9. The number of nitrogens with one attached hydrogen (secondary N) is 2. The van der Waals surface area contributed by atoms with E-state index in [9.17, 15) is 8.42 Å². The molecule has 1 unspecified atom stereocenters. The number of rotatable bonds is 5. The van der Waals surface area contributed by atoms with Gasteiger partial charge in [0.1, 0.15) is 0 Å². The number of hydrogen-bond donors (Lipinski definition) is 2. The number of aryl methyl sites for hydroxylation is 1. The van der Waals surface area contributed by atoms with Crippen molar-refractivity contribution in [3.05, 3.63) is 52.7 Å². The Bertz CT molecular complexity index is 886. The van der Waals surface area contributed by atoms with E-state index in [0.717, 1.165) is 68.6 Å². The van der Waals surface area contributed by atoms with E-state index in [2.05, 4.69) is 10.0 Å². The van der Waals surface area contributed by atoms with E-state index in [0.29, 0.717) is 10.6 Å². The smallest absolute Gasteiger partial charge is 0.262 e. The average Bonchev–Trinajstić information content (AvgIpc) is 2.78. The maximum absolute atomic E-state index is 12.9. The Morgan fingerprint density at radius 2 is 2.07 bits per heavy atom. The van der Waals surface area contributed by atoms with Gasteiger partial charge in [-0.1, -0.05) is 18.2 Å². The van der Waals surface area contributed by atoms with Gasteiger partial charge in [-0.25, -0.2) is 8.42 Å². The lowest BCUT2D eigenvalue weighted by atomic mass is 9.90. The largest absolute Gasteiger partial charge is 0.353 e. The Morgan fingerprint density at radius 3 is 2.89 bits per heavy atom. The van der Waals surface area contributed by atoms with Gasteiger partial charge in [0.25, 0.3) is 10.0 Å². The molecule has 1 saturated heterocycles. The minimum absolute atomic E-state index is 0.117. The van der Waals surface area contributed by atoms with Crippen molar-refractivity contribution in [2.45, 2.75) is 56.3 Å². The second-order valence-electron chi connectivity index (χ2n) is 7.58. The molecule has 1 aliphatic carbocycles. The lowest BCUT2D eigenvalue weighted by Gasteiger charge is -2.26. The third-order valence-corrected chi connectivity index (χ3v) is 6.86. The number of allylic oxidation sites excluding steroid dienone is 2. The molecule has 2 heterocycles. The molecule has 2 aliphatic heterocycles. The topological polar surface area (TPSA) is 76.7 Å². The normalized spacial score (nSPS) is 24.2. The second-order valence-corrected chi connectivity index (χ2v) is 9.23. The molecule has 0 saturated carbocycles. The van der Waals surface area contributed by atoms with Gasteiger partial charge >= 0.3 is 0 Å². The molecular weight excluding hydrogens is 376 g/mol. The van der Waals surface area contributed by atoms with Crippen LogP contribution >= 0.6 is 0 Å². The summed E-state index contributed by atoms with van der Waals surface area (Å²) in [6.07, 6.45) is 8.26. The maximum Gasteiger partial charge on any atom is 0.262 e. The second kappa shape index (κ2) is 8.37. The molecular formula is C21H28N2O4S. The van der Waals surface area contributed by atoms with Crippen LogP contribution in [0.25, 0.3) is 0 Å². The lowest BCUT2D eigenvalue weighted by molar-refractivity contribution is -0.181. The third-order valence-electron chi connectivity index (χ3n) is 5.43. The van der Waals surface area contributed by atoms with Gasteiger partial charge in [0.15, 0.2) is 6.29 Å². The molecule has 4 rings (SSSR count). The zero-order chi connectivity index (χ0) is 19.6. The molecule has 6 nitrogen and oxygen atoms in total. The van der Waals surface area contributed by atoms with Crippen LogP contribution in [0.5, 0.6) is 0 Å². The van der Waals surface area contributed by atoms with Gasteiger partial charge in [-0.05, 0) is 74.4 Å². The van der Waals surface area contributed by atoms with Crippen molar-refractivity contribution in [1.29, 1.82) is 0 Å². The van der Waals surface area contributed by atoms with Crippen LogP contribution in [-0.4, -0.2) is 34.5 Å². The summed E-state index contributed by atoms with van der Waals surface area (Å²) in [5.41, 5.74) is 3.57. The molecule has 1 aromatic rings. The Labute approximate surface area is 167 Å². The Balaban J connectivity index is 1.56. The molecule has 0 radical (unpaired) electrons. The van der Waals surface area contributed by atoms with Crippen molar-refractivity contribution >= 4 is 10.0 Å². The average molecular weight is 405 g/mol. The van der Waals surface area contributed by atoms with Crippen molar-refractivity contribution in [3.63, 3.8) is 0 Å². The standard InChI is InChI=1S/C21H28N2O4S/c1-15-9-10-17-19(14-15)28(24,25)23-18-7-3-2-6-16(18)21(17)22-11-4-8-20-26-12-5-13-27-20/h3,7,9-10,14,20-23H,2,4-6,8,11-13H2,1H3. The first-order valence-electron chi connectivity index (χ1n) is 10.0. The first-order valence-corrected chi connectivity index (χ1v) is 11.5. The molecule has 2 N–H and O–H groups in total. The fourth-order valence-corrected chi connectivity index (χ4v) is 5.47. The fraction of sp³-hybridized carbons (Fsp3) is 0.524. The monoisotopic (exact) mass is 404 g/mol.